The van der Waals surface area contributed by atoms with Gasteiger partial charge in [0, 0.05) is 5.02 Å². The fourth-order valence-corrected chi connectivity index (χ4v) is 1.97. The van der Waals surface area contributed by atoms with Crippen molar-refractivity contribution in [1.82, 2.24) is 9.97 Å². The van der Waals surface area contributed by atoms with Crippen molar-refractivity contribution >= 4 is 33.3 Å². The van der Waals surface area contributed by atoms with E-state index >= 15 is 0 Å². The molecule has 1 heterocycles. The van der Waals surface area contributed by atoms with Crippen molar-refractivity contribution in [3.05, 3.63) is 39.6 Å². The lowest BCUT2D eigenvalue weighted by atomic mass is 10.1. The number of aryl methyl sites for hydroxylation is 1. The molecule has 4 nitrogen and oxygen atoms in total. The highest BCUT2D eigenvalue weighted by molar-refractivity contribution is 9.10. The monoisotopic (exact) mass is 327 g/mol. The quantitative estimate of drug-likeness (QED) is 0.930. The number of anilines is 1. The van der Waals surface area contributed by atoms with Gasteiger partial charge in [0.25, 0.3) is 0 Å². The van der Waals surface area contributed by atoms with E-state index in [2.05, 4.69) is 25.9 Å². The summed E-state index contributed by atoms with van der Waals surface area (Å²) in [6, 6.07) is 5.47. The summed E-state index contributed by atoms with van der Waals surface area (Å²) in [6.45, 7) is 2.03. The molecule has 0 aliphatic carbocycles. The summed E-state index contributed by atoms with van der Waals surface area (Å²) >= 11 is 9.33. The molecule has 0 unspecified atom stereocenters. The first-order valence-corrected chi connectivity index (χ1v) is 6.51. The third-order valence-electron chi connectivity index (χ3n) is 2.40. The largest absolute Gasteiger partial charge is 0.438 e. The van der Waals surface area contributed by atoms with Crippen LogP contribution in [0.15, 0.2) is 29.0 Å². The first kappa shape index (κ1) is 13.1. The Morgan fingerprint density at radius 2 is 2.17 bits per heavy atom. The second kappa shape index (κ2) is 5.54. The molecule has 94 valence electrons. The molecule has 2 rings (SSSR count). The van der Waals surface area contributed by atoms with Crippen molar-refractivity contribution in [2.75, 3.05) is 5.73 Å². The molecule has 1 aromatic carbocycles. The normalized spacial score (nSPS) is 10.4. The number of benzene rings is 1. The third-order valence-corrected chi connectivity index (χ3v) is 3.51. The molecule has 1 aromatic heterocycles. The zero-order chi connectivity index (χ0) is 13.1. The number of nitrogens with zero attached hydrogens (tertiary/aromatic N) is 2. The van der Waals surface area contributed by atoms with Crippen LogP contribution < -0.4 is 10.5 Å². The predicted molar refractivity (Wildman–Crippen MR) is 75.0 cm³/mol. The van der Waals surface area contributed by atoms with Gasteiger partial charge in [-0.05, 0) is 46.1 Å². The van der Waals surface area contributed by atoms with E-state index in [1.807, 2.05) is 13.0 Å². The smallest absolute Gasteiger partial charge is 0.238 e. The van der Waals surface area contributed by atoms with Gasteiger partial charge in [-0.15, -0.1) is 0 Å². The van der Waals surface area contributed by atoms with Gasteiger partial charge in [0.15, 0.2) is 0 Å². The van der Waals surface area contributed by atoms with E-state index in [-0.39, 0.29) is 0 Å². The summed E-state index contributed by atoms with van der Waals surface area (Å²) in [5.74, 6) is 1.38. The number of hydrogen-bond acceptors (Lipinski definition) is 4. The number of nitrogen functional groups attached to an aromatic ring is 1. The molecule has 0 fully saturated rings. The van der Waals surface area contributed by atoms with Crippen LogP contribution >= 0.6 is 27.5 Å². The van der Waals surface area contributed by atoms with Gasteiger partial charge in [-0.1, -0.05) is 18.5 Å². The van der Waals surface area contributed by atoms with Crippen LogP contribution in [-0.2, 0) is 6.42 Å². The minimum Gasteiger partial charge on any atom is -0.438 e. The van der Waals surface area contributed by atoms with Crippen molar-refractivity contribution in [2.24, 2.45) is 0 Å². The van der Waals surface area contributed by atoms with Crippen LogP contribution in [-0.4, -0.2) is 9.97 Å². The van der Waals surface area contributed by atoms with E-state index in [4.69, 9.17) is 22.1 Å². The molecule has 0 atom stereocenters. The van der Waals surface area contributed by atoms with Gasteiger partial charge in [0.05, 0.1) is 0 Å². The highest BCUT2D eigenvalue weighted by atomic mass is 79.9. The van der Waals surface area contributed by atoms with Crippen molar-refractivity contribution in [3.63, 3.8) is 0 Å². The van der Waals surface area contributed by atoms with Crippen molar-refractivity contribution in [3.8, 4) is 11.6 Å². The molecule has 2 aromatic rings. The second-order valence-corrected chi connectivity index (χ2v) is 4.79. The molecule has 0 amide bonds. The summed E-state index contributed by atoms with van der Waals surface area (Å²) < 4.78 is 6.19. The number of ether oxygens (including phenoxy) is 1. The maximum atomic E-state index is 6.05. The van der Waals surface area contributed by atoms with Crippen LogP contribution in [0.25, 0.3) is 0 Å². The zero-order valence-corrected chi connectivity index (χ0v) is 12.0. The number of rotatable bonds is 3. The average Bonchev–Trinajstić information content (AvgIpc) is 2.37. The Hall–Kier alpha value is -1.33. The van der Waals surface area contributed by atoms with Crippen molar-refractivity contribution in [1.29, 1.82) is 0 Å². The molecule has 0 aliphatic rings. The Balaban J connectivity index is 2.31. The summed E-state index contributed by atoms with van der Waals surface area (Å²) in [5, 5.41) is 0.728. The standard InChI is InChI=1S/C12H11BrClN3O/c1-2-7-5-8(3-4-9(7)14)18-12-10(13)11(15)16-6-17-12/h3-6H,2H2,1H3,(H2,15,16,17). The minimum absolute atomic E-state index is 0.338. The maximum absolute atomic E-state index is 6.05. The lowest BCUT2D eigenvalue weighted by Gasteiger charge is -2.09. The topological polar surface area (TPSA) is 61.0 Å². The summed E-state index contributed by atoms with van der Waals surface area (Å²) in [7, 11) is 0. The zero-order valence-electron chi connectivity index (χ0n) is 9.65. The summed E-state index contributed by atoms with van der Waals surface area (Å²) in [4.78, 5) is 7.87. The van der Waals surface area contributed by atoms with Gasteiger partial charge in [0.2, 0.25) is 5.88 Å². The Morgan fingerprint density at radius 1 is 1.39 bits per heavy atom. The lowest BCUT2D eigenvalue weighted by Crippen LogP contribution is -1.97. The first-order chi connectivity index (χ1) is 8.61. The van der Waals surface area contributed by atoms with Gasteiger partial charge < -0.3 is 10.5 Å². The van der Waals surface area contributed by atoms with Gasteiger partial charge in [-0.2, -0.15) is 0 Å². The molecule has 0 saturated carbocycles. The molecule has 6 heteroatoms. The van der Waals surface area contributed by atoms with E-state index in [9.17, 15) is 0 Å². The van der Waals surface area contributed by atoms with Crippen LogP contribution in [0.1, 0.15) is 12.5 Å². The Labute approximate surface area is 118 Å². The minimum atomic E-state index is 0.338. The van der Waals surface area contributed by atoms with E-state index in [0.717, 1.165) is 17.0 Å². The number of aromatic nitrogens is 2. The SMILES string of the molecule is CCc1cc(Oc2ncnc(N)c2Br)ccc1Cl. The second-order valence-electron chi connectivity index (χ2n) is 3.59. The van der Waals surface area contributed by atoms with Crippen molar-refractivity contribution < 1.29 is 4.74 Å². The van der Waals surface area contributed by atoms with Gasteiger partial charge in [-0.3, -0.25) is 0 Å². The van der Waals surface area contributed by atoms with Gasteiger partial charge in [-0.25, -0.2) is 9.97 Å². The molecule has 0 spiro atoms. The molecule has 2 N–H and O–H groups in total. The maximum Gasteiger partial charge on any atom is 0.238 e. The Morgan fingerprint density at radius 3 is 2.89 bits per heavy atom. The van der Waals surface area contributed by atoms with Crippen molar-refractivity contribution in [2.45, 2.75) is 13.3 Å². The fourth-order valence-electron chi connectivity index (χ4n) is 1.43. The molecule has 18 heavy (non-hydrogen) atoms. The van der Waals surface area contributed by atoms with Gasteiger partial charge >= 0.3 is 0 Å². The molecular formula is C12H11BrClN3O. The third kappa shape index (κ3) is 2.73. The number of nitrogens with two attached hydrogens (primary N) is 1. The van der Waals surface area contributed by atoms with Crippen LogP contribution in [0, 0.1) is 0 Å². The number of halogens is 2. The molecule has 0 aliphatic heterocycles. The van der Waals surface area contributed by atoms with Crippen LogP contribution in [0.4, 0.5) is 5.82 Å². The van der Waals surface area contributed by atoms with E-state index < -0.39 is 0 Å². The van der Waals surface area contributed by atoms with Crippen LogP contribution in [0.5, 0.6) is 11.6 Å². The molecule has 0 saturated heterocycles. The summed E-state index contributed by atoms with van der Waals surface area (Å²) in [5.41, 5.74) is 6.68. The summed E-state index contributed by atoms with van der Waals surface area (Å²) in [6.07, 6.45) is 2.19. The molecule has 0 bridgehead atoms. The van der Waals surface area contributed by atoms with Crippen LogP contribution in [0.2, 0.25) is 5.02 Å². The van der Waals surface area contributed by atoms with Gasteiger partial charge in [0.1, 0.15) is 22.4 Å². The Kier molecular flexibility index (Phi) is 4.04. The Bertz CT molecular complexity index is 577. The van der Waals surface area contributed by atoms with Crippen LogP contribution in [0.3, 0.4) is 0 Å². The van der Waals surface area contributed by atoms with E-state index in [1.54, 1.807) is 12.1 Å². The predicted octanol–water partition coefficient (Wildman–Crippen LogP) is 3.83. The van der Waals surface area contributed by atoms with E-state index in [1.165, 1.54) is 6.33 Å². The fraction of sp³-hybridized carbons (Fsp3) is 0.167. The average molecular weight is 329 g/mol. The lowest BCUT2D eigenvalue weighted by molar-refractivity contribution is 0.458. The van der Waals surface area contributed by atoms with E-state index in [0.29, 0.717) is 21.9 Å². The first-order valence-electron chi connectivity index (χ1n) is 5.34. The highest BCUT2D eigenvalue weighted by Crippen LogP contribution is 2.31. The molecule has 0 radical (unpaired) electrons. The molecular weight excluding hydrogens is 318 g/mol. The number of hydrogen-bond donors (Lipinski definition) is 1. The highest BCUT2D eigenvalue weighted by Gasteiger charge is 2.09.